The molecule has 1 N–H and O–H groups in total. The first-order valence-electron chi connectivity index (χ1n) is 8.50. The van der Waals surface area contributed by atoms with Crippen LogP contribution in [0.25, 0.3) is 0 Å². The van der Waals surface area contributed by atoms with Crippen molar-refractivity contribution < 1.29 is 23.1 Å². The quantitative estimate of drug-likeness (QED) is 0.412. The molecule has 0 saturated carbocycles. The Hall–Kier alpha value is -1.44. The van der Waals surface area contributed by atoms with E-state index in [1.807, 2.05) is 18.2 Å². The lowest BCUT2D eigenvalue weighted by atomic mass is 10.0. The van der Waals surface area contributed by atoms with Gasteiger partial charge in [0.1, 0.15) is 6.10 Å². The molecule has 0 aromatic heterocycles. The molecule has 0 unspecified atom stereocenters. The van der Waals surface area contributed by atoms with Gasteiger partial charge in [-0.3, -0.25) is 4.79 Å². The minimum atomic E-state index is -4.33. The molecular formula is C20H21F3O2S2. The Morgan fingerprint density at radius 1 is 1.00 bits per heavy atom. The highest BCUT2D eigenvalue weighted by atomic mass is 32.2. The maximum Gasteiger partial charge on any atom is 0.446 e. The summed E-state index contributed by atoms with van der Waals surface area (Å²) in [6, 6.07) is 15.7. The van der Waals surface area contributed by atoms with Crippen molar-refractivity contribution in [3.63, 3.8) is 0 Å². The highest BCUT2D eigenvalue weighted by Gasteiger charge is 2.29. The number of aliphatic hydroxyl groups is 1. The zero-order valence-corrected chi connectivity index (χ0v) is 16.2. The number of carbonyl (C=O) groups excluding carboxylic acids is 1. The molecule has 2 aromatic rings. The van der Waals surface area contributed by atoms with Crippen LogP contribution < -0.4 is 0 Å². The number of thioether (sulfide) groups is 2. The van der Waals surface area contributed by atoms with E-state index < -0.39 is 11.6 Å². The Bertz CT molecular complexity index is 703. The molecule has 0 bridgehead atoms. The van der Waals surface area contributed by atoms with Gasteiger partial charge in [0.2, 0.25) is 0 Å². The van der Waals surface area contributed by atoms with E-state index in [0.717, 1.165) is 17.9 Å². The Morgan fingerprint density at radius 3 is 2.30 bits per heavy atom. The number of halogens is 3. The largest absolute Gasteiger partial charge is 0.446 e. The third kappa shape index (κ3) is 8.86. The van der Waals surface area contributed by atoms with E-state index in [2.05, 4.69) is 12.1 Å². The van der Waals surface area contributed by atoms with Gasteiger partial charge in [-0.1, -0.05) is 42.5 Å². The molecule has 2 aromatic carbocycles. The molecule has 0 spiro atoms. The number of alkyl halides is 3. The van der Waals surface area contributed by atoms with Crippen LogP contribution >= 0.6 is 23.5 Å². The van der Waals surface area contributed by atoms with Crippen molar-refractivity contribution in [3.05, 3.63) is 65.7 Å². The van der Waals surface area contributed by atoms with Crippen LogP contribution in [0, 0.1) is 0 Å². The van der Waals surface area contributed by atoms with E-state index in [1.54, 1.807) is 11.8 Å². The molecule has 7 heteroatoms. The lowest BCUT2D eigenvalue weighted by Gasteiger charge is -2.10. The van der Waals surface area contributed by atoms with Crippen LogP contribution in [0.3, 0.4) is 0 Å². The van der Waals surface area contributed by atoms with E-state index >= 15 is 0 Å². The highest BCUT2D eigenvalue weighted by Crippen LogP contribution is 2.36. The molecule has 1 atom stereocenters. The molecule has 146 valence electrons. The zero-order chi connectivity index (χ0) is 19.7. The zero-order valence-electron chi connectivity index (χ0n) is 14.6. The first-order valence-corrected chi connectivity index (χ1v) is 10.5. The molecule has 2 nitrogen and oxygen atoms in total. The molecule has 0 radical (unpaired) electrons. The number of hydrogen-bond donors (Lipinski definition) is 1. The third-order valence-corrected chi connectivity index (χ3v) is 5.64. The molecule has 0 saturated heterocycles. The normalized spacial score (nSPS) is 12.7. The minimum Gasteiger partial charge on any atom is -0.385 e. The summed E-state index contributed by atoms with van der Waals surface area (Å²) in [6.07, 6.45) is 0.107. The number of benzene rings is 2. The van der Waals surface area contributed by atoms with E-state index in [9.17, 15) is 23.1 Å². The fourth-order valence-electron chi connectivity index (χ4n) is 2.43. The Balaban J connectivity index is 1.67. The number of aliphatic hydroxyl groups excluding tert-OH is 1. The predicted octanol–water partition coefficient (Wildman–Crippen LogP) is 5.48. The summed E-state index contributed by atoms with van der Waals surface area (Å²) < 4.78 is 36.9. The monoisotopic (exact) mass is 414 g/mol. The van der Waals surface area contributed by atoms with Crippen LogP contribution in [0.1, 0.15) is 24.0 Å². The van der Waals surface area contributed by atoms with Gasteiger partial charge in [-0.2, -0.15) is 24.9 Å². The van der Waals surface area contributed by atoms with Gasteiger partial charge in [-0.15, -0.1) is 0 Å². The summed E-state index contributed by atoms with van der Waals surface area (Å²) in [5.74, 6) is 1.44. The molecule has 0 aliphatic rings. The van der Waals surface area contributed by atoms with E-state index in [1.165, 1.54) is 29.8 Å². The number of ketones is 1. The van der Waals surface area contributed by atoms with E-state index in [-0.39, 0.29) is 28.9 Å². The number of carbonyl (C=O) groups is 1. The van der Waals surface area contributed by atoms with Gasteiger partial charge in [-0.05, 0) is 53.6 Å². The molecular weight excluding hydrogens is 393 g/mol. The Labute approximate surface area is 165 Å². The van der Waals surface area contributed by atoms with E-state index in [4.69, 9.17) is 0 Å². The van der Waals surface area contributed by atoms with Gasteiger partial charge < -0.3 is 5.11 Å². The number of Topliss-reactive ketones (excluding diaryl/α,β-unsaturated/α-hetero) is 1. The van der Waals surface area contributed by atoms with Gasteiger partial charge in [0.05, 0.1) is 0 Å². The SMILES string of the molecule is O=C(Cc1ccc(SC(F)(F)F)cc1)[C@@H](O)CCCSCc1ccccc1. The van der Waals surface area contributed by atoms with Gasteiger partial charge in [0.15, 0.2) is 5.78 Å². The first kappa shape index (κ1) is 21.9. The van der Waals surface area contributed by atoms with Crippen LogP contribution in [0.15, 0.2) is 59.5 Å². The lowest BCUT2D eigenvalue weighted by molar-refractivity contribution is -0.126. The van der Waals surface area contributed by atoms with Crippen molar-refractivity contribution in [2.45, 2.75) is 41.5 Å². The lowest BCUT2D eigenvalue weighted by Crippen LogP contribution is -2.22. The second kappa shape index (κ2) is 10.8. The maximum atomic E-state index is 12.3. The van der Waals surface area contributed by atoms with Gasteiger partial charge in [0.25, 0.3) is 0 Å². The topological polar surface area (TPSA) is 37.3 Å². The summed E-state index contributed by atoms with van der Waals surface area (Å²) in [5.41, 5.74) is -2.48. The van der Waals surface area contributed by atoms with Crippen molar-refractivity contribution in [1.29, 1.82) is 0 Å². The molecule has 0 amide bonds. The third-order valence-electron chi connectivity index (χ3n) is 3.78. The smallest absolute Gasteiger partial charge is 0.385 e. The van der Waals surface area contributed by atoms with Crippen LogP contribution in [0.4, 0.5) is 13.2 Å². The van der Waals surface area contributed by atoms with E-state index in [0.29, 0.717) is 12.0 Å². The van der Waals surface area contributed by atoms with Crippen molar-refractivity contribution >= 4 is 29.3 Å². The van der Waals surface area contributed by atoms with Gasteiger partial charge >= 0.3 is 5.51 Å². The molecule has 27 heavy (non-hydrogen) atoms. The van der Waals surface area contributed by atoms with Gasteiger partial charge in [-0.25, -0.2) is 0 Å². The summed E-state index contributed by atoms with van der Waals surface area (Å²) in [7, 11) is 0. The second-order valence-corrected chi connectivity index (χ2v) is 8.27. The maximum absolute atomic E-state index is 12.3. The molecule has 0 heterocycles. The second-order valence-electron chi connectivity index (χ2n) is 6.03. The van der Waals surface area contributed by atoms with Crippen molar-refractivity contribution in [1.82, 2.24) is 0 Å². The van der Waals surface area contributed by atoms with Crippen LogP contribution in [-0.2, 0) is 17.0 Å². The fraction of sp³-hybridized carbons (Fsp3) is 0.350. The Kier molecular flexibility index (Phi) is 8.73. The molecule has 0 fully saturated rings. The Morgan fingerprint density at radius 2 is 1.67 bits per heavy atom. The molecule has 2 rings (SSSR count). The average molecular weight is 415 g/mol. The average Bonchev–Trinajstić information content (AvgIpc) is 2.62. The molecule has 0 aliphatic heterocycles. The minimum absolute atomic E-state index is 0.0231. The van der Waals surface area contributed by atoms with Crippen LogP contribution in [-0.4, -0.2) is 28.3 Å². The molecule has 0 aliphatic carbocycles. The highest BCUT2D eigenvalue weighted by molar-refractivity contribution is 8.00. The first-order chi connectivity index (χ1) is 12.8. The van der Waals surface area contributed by atoms with Crippen molar-refractivity contribution in [2.75, 3.05) is 5.75 Å². The van der Waals surface area contributed by atoms with Crippen LogP contribution in [0.2, 0.25) is 0 Å². The standard InChI is InChI=1S/C20H21F3O2S2/c21-20(22,23)27-17-10-8-15(9-11-17)13-19(25)18(24)7-4-12-26-14-16-5-2-1-3-6-16/h1-3,5-6,8-11,18,24H,4,7,12-14H2/t18-/m0/s1. The number of rotatable bonds is 10. The summed E-state index contributed by atoms with van der Waals surface area (Å²) in [6.45, 7) is 0. The van der Waals surface area contributed by atoms with Gasteiger partial charge in [0, 0.05) is 17.1 Å². The fourth-order valence-corrected chi connectivity index (χ4v) is 3.91. The van der Waals surface area contributed by atoms with Crippen LogP contribution in [0.5, 0.6) is 0 Å². The summed E-state index contributed by atoms with van der Waals surface area (Å²) in [4.78, 5) is 12.1. The van der Waals surface area contributed by atoms with Crippen molar-refractivity contribution in [3.8, 4) is 0 Å². The predicted molar refractivity (Wildman–Crippen MR) is 105 cm³/mol. The summed E-state index contributed by atoms with van der Waals surface area (Å²) in [5, 5.41) is 9.99. The number of hydrogen-bond acceptors (Lipinski definition) is 4. The van der Waals surface area contributed by atoms with Crippen molar-refractivity contribution in [2.24, 2.45) is 0 Å². The summed E-state index contributed by atoms with van der Waals surface area (Å²) >= 11 is 1.57.